The number of pyridine rings is 1. The van der Waals surface area contributed by atoms with Crippen LogP contribution < -0.4 is 0 Å². The van der Waals surface area contributed by atoms with Gasteiger partial charge in [0, 0.05) is 11.8 Å². The molecular formula is C12H14FNO. The fourth-order valence-corrected chi connectivity index (χ4v) is 1.92. The Kier molecular flexibility index (Phi) is 3.11. The Balaban J connectivity index is 2.23. The van der Waals surface area contributed by atoms with E-state index in [-0.39, 0.29) is 0 Å². The number of aliphatic hydroxyl groups is 1. The summed E-state index contributed by atoms with van der Waals surface area (Å²) in [6, 6.07) is 1.54. The molecule has 0 radical (unpaired) electrons. The van der Waals surface area contributed by atoms with Crippen LogP contribution in [-0.4, -0.2) is 10.1 Å². The Hall–Kier alpha value is -1.22. The van der Waals surface area contributed by atoms with Gasteiger partial charge in [0.05, 0.1) is 6.20 Å². The standard InChI is InChI=1S/C12H14FNO/c13-11-8-14-7-6-10(11)12(15)9-4-2-1-3-5-9/h4,6-8,12,15H,1-3,5H2. The average Bonchev–Trinajstić information content (AvgIpc) is 2.30. The van der Waals surface area contributed by atoms with Gasteiger partial charge in [-0.2, -0.15) is 0 Å². The smallest absolute Gasteiger partial charge is 0.147 e. The molecule has 1 aliphatic rings. The minimum atomic E-state index is -0.798. The second-order valence-corrected chi connectivity index (χ2v) is 3.82. The van der Waals surface area contributed by atoms with Crippen molar-refractivity contribution in [3.8, 4) is 0 Å². The molecule has 2 nitrogen and oxygen atoms in total. The Labute approximate surface area is 88.5 Å². The van der Waals surface area contributed by atoms with Crippen molar-refractivity contribution in [2.45, 2.75) is 31.8 Å². The maximum absolute atomic E-state index is 13.3. The fourth-order valence-electron chi connectivity index (χ4n) is 1.92. The van der Waals surface area contributed by atoms with Crippen molar-refractivity contribution in [1.29, 1.82) is 0 Å². The van der Waals surface area contributed by atoms with E-state index in [0.29, 0.717) is 5.56 Å². The van der Waals surface area contributed by atoms with Gasteiger partial charge in [0.2, 0.25) is 0 Å². The van der Waals surface area contributed by atoms with E-state index >= 15 is 0 Å². The van der Waals surface area contributed by atoms with Crippen molar-refractivity contribution < 1.29 is 9.50 Å². The van der Waals surface area contributed by atoms with Crippen molar-refractivity contribution in [3.05, 3.63) is 41.5 Å². The molecule has 0 fully saturated rings. The van der Waals surface area contributed by atoms with Crippen molar-refractivity contribution in [1.82, 2.24) is 4.98 Å². The first-order valence-corrected chi connectivity index (χ1v) is 5.25. The predicted molar refractivity (Wildman–Crippen MR) is 55.7 cm³/mol. The minimum Gasteiger partial charge on any atom is -0.384 e. The van der Waals surface area contributed by atoms with Gasteiger partial charge >= 0.3 is 0 Å². The first-order valence-electron chi connectivity index (χ1n) is 5.25. The number of aliphatic hydroxyl groups excluding tert-OH is 1. The zero-order chi connectivity index (χ0) is 10.7. The number of allylic oxidation sites excluding steroid dienone is 1. The summed E-state index contributed by atoms with van der Waals surface area (Å²) in [4.78, 5) is 3.67. The molecule has 1 atom stereocenters. The average molecular weight is 207 g/mol. The summed E-state index contributed by atoms with van der Waals surface area (Å²) >= 11 is 0. The highest BCUT2D eigenvalue weighted by molar-refractivity contribution is 5.26. The molecule has 1 heterocycles. The van der Waals surface area contributed by atoms with Crippen molar-refractivity contribution in [2.24, 2.45) is 0 Å². The lowest BCUT2D eigenvalue weighted by Crippen LogP contribution is -2.07. The maximum atomic E-state index is 13.3. The van der Waals surface area contributed by atoms with E-state index in [0.717, 1.165) is 37.5 Å². The van der Waals surface area contributed by atoms with Gasteiger partial charge in [-0.05, 0) is 37.3 Å². The van der Waals surface area contributed by atoms with E-state index in [9.17, 15) is 9.50 Å². The van der Waals surface area contributed by atoms with Gasteiger partial charge in [0.1, 0.15) is 11.9 Å². The summed E-state index contributed by atoms with van der Waals surface area (Å²) in [6.45, 7) is 0. The molecule has 1 unspecified atom stereocenters. The quantitative estimate of drug-likeness (QED) is 0.756. The number of halogens is 1. The van der Waals surface area contributed by atoms with Crippen molar-refractivity contribution in [2.75, 3.05) is 0 Å². The molecule has 3 heteroatoms. The van der Waals surface area contributed by atoms with E-state index in [1.165, 1.54) is 12.3 Å². The predicted octanol–water partition coefficient (Wildman–Crippen LogP) is 2.75. The summed E-state index contributed by atoms with van der Waals surface area (Å²) in [7, 11) is 0. The van der Waals surface area contributed by atoms with Gasteiger partial charge in [-0.3, -0.25) is 4.98 Å². The molecule has 1 N–H and O–H groups in total. The number of rotatable bonds is 2. The normalized spacial score (nSPS) is 18.4. The monoisotopic (exact) mass is 207 g/mol. The third kappa shape index (κ3) is 2.23. The summed E-state index contributed by atoms with van der Waals surface area (Å²) in [5, 5.41) is 9.99. The van der Waals surface area contributed by atoms with Gasteiger partial charge in [0.25, 0.3) is 0 Å². The molecular weight excluding hydrogens is 193 g/mol. The van der Waals surface area contributed by atoms with E-state index in [4.69, 9.17) is 0 Å². The van der Waals surface area contributed by atoms with Crippen LogP contribution >= 0.6 is 0 Å². The van der Waals surface area contributed by atoms with Crippen molar-refractivity contribution >= 4 is 0 Å². The van der Waals surface area contributed by atoms with E-state index < -0.39 is 11.9 Å². The van der Waals surface area contributed by atoms with Crippen LogP contribution in [0.5, 0.6) is 0 Å². The lowest BCUT2D eigenvalue weighted by Gasteiger charge is -2.19. The highest BCUT2D eigenvalue weighted by Gasteiger charge is 2.18. The Bertz CT molecular complexity index is 376. The second kappa shape index (κ2) is 4.53. The van der Waals surface area contributed by atoms with Crippen LogP contribution in [0.1, 0.15) is 37.4 Å². The van der Waals surface area contributed by atoms with Crippen LogP contribution in [0.4, 0.5) is 4.39 Å². The Morgan fingerprint density at radius 2 is 2.27 bits per heavy atom. The number of hydrogen-bond donors (Lipinski definition) is 1. The zero-order valence-corrected chi connectivity index (χ0v) is 8.49. The molecule has 2 rings (SSSR count). The van der Waals surface area contributed by atoms with Gasteiger partial charge in [0.15, 0.2) is 0 Å². The largest absolute Gasteiger partial charge is 0.384 e. The van der Waals surface area contributed by atoms with Crippen LogP contribution in [0.2, 0.25) is 0 Å². The second-order valence-electron chi connectivity index (χ2n) is 3.82. The Morgan fingerprint density at radius 3 is 2.93 bits per heavy atom. The van der Waals surface area contributed by atoms with Gasteiger partial charge in [-0.15, -0.1) is 0 Å². The van der Waals surface area contributed by atoms with Crippen LogP contribution in [0.15, 0.2) is 30.1 Å². The summed E-state index contributed by atoms with van der Waals surface area (Å²) in [6.07, 6.45) is 7.96. The summed E-state index contributed by atoms with van der Waals surface area (Å²) in [5.74, 6) is -0.434. The van der Waals surface area contributed by atoms with E-state index in [1.807, 2.05) is 6.08 Å². The minimum absolute atomic E-state index is 0.332. The van der Waals surface area contributed by atoms with E-state index in [2.05, 4.69) is 4.98 Å². The fraction of sp³-hybridized carbons (Fsp3) is 0.417. The zero-order valence-electron chi connectivity index (χ0n) is 8.49. The molecule has 1 aromatic rings. The third-order valence-electron chi connectivity index (χ3n) is 2.78. The van der Waals surface area contributed by atoms with Gasteiger partial charge in [-0.1, -0.05) is 6.08 Å². The Morgan fingerprint density at radius 1 is 1.40 bits per heavy atom. The molecule has 0 bridgehead atoms. The molecule has 0 saturated heterocycles. The molecule has 15 heavy (non-hydrogen) atoms. The molecule has 0 spiro atoms. The van der Waals surface area contributed by atoms with E-state index in [1.54, 1.807) is 0 Å². The van der Waals surface area contributed by atoms with Crippen LogP contribution in [0, 0.1) is 5.82 Å². The topological polar surface area (TPSA) is 33.1 Å². The molecule has 0 aliphatic heterocycles. The summed E-state index contributed by atoms with van der Waals surface area (Å²) in [5.41, 5.74) is 1.27. The molecule has 80 valence electrons. The molecule has 0 saturated carbocycles. The highest BCUT2D eigenvalue weighted by atomic mass is 19.1. The maximum Gasteiger partial charge on any atom is 0.147 e. The SMILES string of the molecule is OC(C1=CCCCC1)c1ccncc1F. The molecule has 0 amide bonds. The summed E-state index contributed by atoms with van der Waals surface area (Å²) < 4.78 is 13.3. The molecule has 1 aliphatic carbocycles. The van der Waals surface area contributed by atoms with Crippen LogP contribution in [0.25, 0.3) is 0 Å². The van der Waals surface area contributed by atoms with Gasteiger partial charge < -0.3 is 5.11 Å². The number of nitrogens with zero attached hydrogens (tertiary/aromatic N) is 1. The third-order valence-corrected chi connectivity index (χ3v) is 2.78. The lowest BCUT2D eigenvalue weighted by atomic mass is 9.92. The lowest BCUT2D eigenvalue weighted by molar-refractivity contribution is 0.203. The first kappa shape index (κ1) is 10.3. The number of aromatic nitrogens is 1. The van der Waals surface area contributed by atoms with Gasteiger partial charge in [-0.25, -0.2) is 4.39 Å². The van der Waals surface area contributed by atoms with Crippen molar-refractivity contribution in [3.63, 3.8) is 0 Å². The molecule has 1 aromatic heterocycles. The van der Waals surface area contributed by atoms with Crippen LogP contribution in [-0.2, 0) is 0 Å². The molecule has 0 aromatic carbocycles. The number of hydrogen-bond acceptors (Lipinski definition) is 2. The first-order chi connectivity index (χ1) is 7.29. The highest BCUT2D eigenvalue weighted by Crippen LogP contribution is 2.30. The van der Waals surface area contributed by atoms with Crippen LogP contribution in [0.3, 0.4) is 0 Å².